The van der Waals surface area contributed by atoms with Gasteiger partial charge in [-0.05, 0) is 24.5 Å². The van der Waals surface area contributed by atoms with E-state index in [-0.39, 0.29) is 18.9 Å². The predicted molar refractivity (Wildman–Crippen MR) is 96.7 cm³/mol. The predicted octanol–water partition coefficient (Wildman–Crippen LogP) is 1.78. The van der Waals surface area contributed by atoms with Crippen LogP contribution in [0.25, 0.3) is 0 Å². The highest BCUT2D eigenvalue weighted by Crippen LogP contribution is 2.34. The van der Waals surface area contributed by atoms with Gasteiger partial charge in [0.25, 0.3) is 0 Å². The number of amides is 1. The summed E-state index contributed by atoms with van der Waals surface area (Å²) < 4.78 is 36.6. The molecule has 140 valence electrons. The molecule has 0 aromatic heterocycles. The lowest BCUT2D eigenvalue weighted by atomic mass is 10.2. The van der Waals surface area contributed by atoms with E-state index < -0.39 is 10.0 Å². The quantitative estimate of drug-likeness (QED) is 0.754. The Hall–Kier alpha value is -1.96. The maximum atomic E-state index is 12.1. The summed E-state index contributed by atoms with van der Waals surface area (Å²) in [6.07, 6.45) is 1.87. The summed E-state index contributed by atoms with van der Waals surface area (Å²) in [5.41, 5.74) is 0.509. The van der Waals surface area contributed by atoms with Crippen molar-refractivity contribution in [2.75, 3.05) is 36.9 Å². The Morgan fingerprint density at radius 1 is 1.24 bits per heavy atom. The van der Waals surface area contributed by atoms with Crippen molar-refractivity contribution in [2.24, 2.45) is 5.92 Å². The molecule has 8 heteroatoms. The number of rotatable bonds is 8. The van der Waals surface area contributed by atoms with E-state index in [1.165, 1.54) is 4.31 Å². The first kappa shape index (κ1) is 19.4. The maximum Gasteiger partial charge on any atom is 0.232 e. The molecule has 1 aromatic carbocycles. The molecule has 0 fully saturated rings. The minimum absolute atomic E-state index is 0.0654. The Morgan fingerprint density at radius 3 is 2.56 bits per heavy atom. The third-order valence-electron chi connectivity index (χ3n) is 3.69. The van der Waals surface area contributed by atoms with Gasteiger partial charge in [0.05, 0.1) is 11.9 Å². The Labute approximate surface area is 149 Å². The smallest absolute Gasteiger partial charge is 0.232 e. The number of nitrogens with zero attached hydrogens (tertiary/aromatic N) is 1. The first-order valence-corrected chi connectivity index (χ1v) is 10.3. The number of sulfonamides is 1. The number of hydrogen-bond acceptors (Lipinski definition) is 5. The number of hydrogen-bond donors (Lipinski definition) is 1. The average Bonchev–Trinajstić information content (AvgIpc) is 2.55. The lowest BCUT2D eigenvalue weighted by Gasteiger charge is -2.25. The molecular formula is C17H26N2O5S. The Kier molecular flexibility index (Phi) is 6.52. The maximum absolute atomic E-state index is 12.1. The fourth-order valence-corrected chi connectivity index (χ4v) is 3.42. The Morgan fingerprint density at radius 2 is 1.92 bits per heavy atom. The van der Waals surface area contributed by atoms with E-state index in [9.17, 15) is 13.2 Å². The summed E-state index contributed by atoms with van der Waals surface area (Å²) in [4.78, 5) is 11.8. The van der Waals surface area contributed by atoms with Crippen LogP contribution in [-0.2, 0) is 14.8 Å². The second-order valence-corrected chi connectivity index (χ2v) is 8.37. The molecule has 2 rings (SSSR count). The molecule has 0 unspecified atom stereocenters. The van der Waals surface area contributed by atoms with Crippen molar-refractivity contribution in [1.29, 1.82) is 0 Å². The van der Waals surface area contributed by atoms with Gasteiger partial charge in [-0.2, -0.15) is 0 Å². The van der Waals surface area contributed by atoms with Gasteiger partial charge < -0.3 is 14.8 Å². The third kappa shape index (κ3) is 5.81. The van der Waals surface area contributed by atoms with Crippen molar-refractivity contribution in [1.82, 2.24) is 5.32 Å². The number of fused-ring (bicyclic) bond motifs is 1. The van der Waals surface area contributed by atoms with Crippen molar-refractivity contribution in [3.8, 4) is 11.5 Å². The van der Waals surface area contributed by atoms with Crippen LogP contribution in [0.2, 0.25) is 0 Å². The van der Waals surface area contributed by atoms with Crippen LogP contribution < -0.4 is 19.1 Å². The molecule has 1 N–H and O–H groups in total. The van der Waals surface area contributed by atoms with Crippen molar-refractivity contribution in [3.63, 3.8) is 0 Å². The van der Waals surface area contributed by atoms with Crippen molar-refractivity contribution in [3.05, 3.63) is 18.2 Å². The van der Waals surface area contributed by atoms with Crippen molar-refractivity contribution in [2.45, 2.75) is 26.7 Å². The number of carbonyl (C=O) groups is 1. The Balaban J connectivity index is 2.01. The number of nitrogens with one attached hydrogen (secondary N) is 1. The highest BCUT2D eigenvalue weighted by Gasteiger charge is 2.20. The summed E-state index contributed by atoms with van der Waals surface area (Å²) in [6, 6.07) is 5.05. The SMILES string of the molecule is CC(C)CNC(=O)CCCN(c1ccc2c(c1)OCCO2)S(C)(=O)=O. The van der Waals surface area contributed by atoms with Gasteiger partial charge in [0, 0.05) is 25.6 Å². The molecule has 1 aromatic rings. The minimum atomic E-state index is -3.46. The molecule has 0 radical (unpaired) electrons. The summed E-state index contributed by atoms with van der Waals surface area (Å²) >= 11 is 0. The zero-order valence-corrected chi connectivity index (χ0v) is 15.8. The van der Waals surface area contributed by atoms with E-state index in [1.807, 2.05) is 13.8 Å². The molecular weight excluding hydrogens is 344 g/mol. The van der Waals surface area contributed by atoms with Crippen molar-refractivity contribution < 1.29 is 22.7 Å². The number of ether oxygens (including phenoxy) is 2. The molecule has 1 aliphatic heterocycles. The van der Waals surface area contributed by atoms with Crippen LogP contribution in [0.4, 0.5) is 5.69 Å². The summed E-state index contributed by atoms with van der Waals surface area (Å²) in [5.74, 6) is 1.46. The van der Waals surface area contributed by atoms with Crippen LogP contribution in [0, 0.1) is 5.92 Å². The van der Waals surface area contributed by atoms with Crippen LogP contribution in [0.15, 0.2) is 18.2 Å². The lowest BCUT2D eigenvalue weighted by molar-refractivity contribution is -0.121. The summed E-state index contributed by atoms with van der Waals surface area (Å²) in [7, 11) is -3.46. The lowest BCUT2D eigenvalue weighted by Crippen LogP contribution is -2.32. The van der Waals surface area contributed by atoms with Crippen molar-refractivity contribution >= 4 is 21.6 Å². The minimum Gasteiger partial charge on any atom is -0.486 e. The molecule has 0 spiro atoms. The molecule has 1 aliphatic rings. The molecule has 0 saturated heterocycles. The molecule has 0 aliphatic carbocycles. The fraction of sp³-hybridized carbons (Fsp3) is 0.588. The molecule has 0 bridgehead atoms. The fourth-order valence-electron chi connectivity index (χ4n) is 2.46. The normalized spacial score (nSPS) is 13.6. The molecule has 0 saturated carbocycles. The molecule has 1 heterocycles. The average molecular weight is 370 g/mol. The monoisotopic (exact) mass is 370 g/mol. The van der Waals surface area contributed by atoms with Crippen LogP contribution in [0.5, 0.6) is 11.5 Å². The first-order chi connectivity index (χ1) is 11.8. The number of carbonyl (C=O) groups excluding carboxylic acids is 1. The molecule has 25 heavy (non-hydrogen) atoms. The molecule has 0 atom stereocenters. The van der Waals surface area contributed by atoms with E-state index in [4.69, 9.17) is 9.47 Å². The second kappa shape index (κ2) is 8.42. The van der Waals surface area contributed by atoms with Gasteiger partial charge in [0.1, 0.15) is 13.2 Å². The first-order valence-electron chi connectivity index (χ1n) is 8.41. The van der Waals surface area contributed by atoms with E-state index in [0.717, 1.165) is 6.26 Å². The van der Waals surface area contributed by atoms with Gasteiger partial charge in [-0.25, -0.2) is 8.42 Å². The van der Waals surface area contributed by atoms with Gasteiger partial charge in [-0.15, -0.1) is 0 Å². The van der Waals surface area contributed by atoms with Crippen LogP contribution in [-0.4, -0.2) is 46.9 Å². The van der Waals surface area contributed by atoms with E-state index >= 15 is 0 Å². The van der Waals surface area contributed by atoms with Crippen LogP contribution in [0.3, 0.4) is 0 Å². The highest BCUT2D eigenvalue weighted by atomic mass is 32.2. The number of benzene rings is 1. The zero-order chi connectivity index (χ0) is 18.4. The summed E-state index contributed by atoms with van der Waals surface area (Å²) in [6.45, 7) is 5.81. The van der Waals surface area contributed by atoms with E-state index in [2.05, 4.69) is 5.32 Å². The second-order valence-electron chi connectivity index (χ2n) is 6.46. The summed E-state index contributed by atoms with van der Waals surface area (Å²) in [5, 5.41) is 2.83. The Bertz CT molecular complexity index is 703. The number of anilines is 1. The van der Waals surface area contributed by atoms with Gasteiger partial charge in [0.2, 0.25) is 15.9 Å². The van der Waals surface area contributed by atoms with Gasteiger partial charge in [0.15, 0.2) is 11.5 Å². The van der Waals surface area contributed by atoms with Gasteiger partial charge >= 0.3 is 0 Å². The zero-order valence-electron chi connectivity index (χ0n) is 14.9. The highest BCUT2D eigenvalue weighted by molar-refractivity contribution is 7.92. The molecule has 7 nitrogen and oxygen atoms in total. The van der Waals surface area contributed by atoms with Crippen LogP contribution >= 0.6 is 0 Å². The van der Waals surface area contributed by atoms with Gasteiger partial charge in [-0.3, -0.25) is 9.10 Å². The largest absolute Gasteiger partial charge is 0.486 e. The van der Waals surface area contributed by atoms with E-state index in [0.29, 0.717) is 49.3 Å². The van der Waals surface area contributed by atoms with Crippen LogP contribution in [0.1, 0.15) is 26.7 Å². The molecule has 1 amide bonds. The van der Waals surface area contributed by atoms with E-state index in [1.54, 1.807) is 18.2 Å². The topological polar surface area (TPSA) is 84.9 Å². The van der Waals surface area contributed by atoms with Gasteiger partial charge in [-0.1, -0.05) is 13.8 Å². The standard InChI is InChI=1S/C17H26N2O5S/c1-13(2)12-18-17(20)5-4-8-19(25(3,21)22)14-6-7-15-16(11-14)24-10-9-23-15/h6-7,11,13H,4-5,8-10,12H2,1-3H3,(H,18,20). The third-order valence-corrected chi connectivity index (χ3v) is 4.88.